The molecule has 1 aromatic carbocycles. The molecule has 17 heavy (non-hydrogen) atoms. The highest BCUT2D eigenvalue weighted by atomic mass is 79.9. The van der Waals surface area contributed by atoms with Crippen molar-refractivity contribution in [2.45, 2.75) is 6.92 Å². The van der Waals surface area contributed by atoms with Gasteiger partial charge in [0.15, 0.2) is 5.84 Å². The summed E-state index contributed by atoms with van der Waals surface area (Å²) in [5.41, 5.74) is 6.41. The SMILES string of the molecule is CCNC(=O)Nc1cc(Br)ccc1/C(N)=N/O. The van der Waals surface area contributed by atoms with Crippen LogP contribution in [0.2, 0.25) is 0 Å². The van der Waals surface area contributed by atoms with Crippen molar-refractivity contribution in [3.63, 3.8) is 0 Å². The van der Waals surface area contributed by atoms with Gasteiger partial charge in [-0.2, -0.15) is 0 Å². The number of oxime groups is 1. The summed E-state index contributed by atoms with van der Waals surface area (Å²) in [5, 5.41) is 16.8. The Kier molecular flexibility index (Phi) is 4.77. The minimum Gasteiger partial charge on any atom is -0.409 e. The van der Waals surface area contributed by atoms with E-state index in [2.05, 4.69) is 31.7 Å². The van der Waals surface area contributed by atoms with Crippen LogP contribution < -0.4 is 16.4 Å². The van der Waals surface area contributed by atoms with E-state index in [0.29, 0.717) is 17.8 Å². The van der Waals surface area contributed by atoms with Crippen LogP contribution in [0.1, 0.15) is 12.5 Å². The minimum absolute atomic E-state index is 0.0655. The fourth-order valence-electron chi connectivity index (χ4n) is 1.22. The van der Waals surface area contributed by atoms with Crippen LogP contribution in [-0.2, 0) is 0 Å². The van der Waals surface area contributed by atoms with Gasteiger partial charge in [-0.15, -0.1) is 0 Å². The first-order valence-electron chi connectivity index (χ1n) is 4.90. The lowest BCUT2D eigenvalue weighted by Crippen LogP contribution is -2.29. The monoisotopic (exact) mass is 300 g/mol. The molecule has 0 spiro atoms. The van der Waals surface area contributed by atoms with Crippen LogP contribution in [0.4, 0.5) is 10.5 Å². The molecule has 0 fully saturated rings. The summed E-state index contributed by atoms with van der Waals surface area (Å²) in [6.07, 6.45) is 0. The van der Waals surface area contributed by atoms with Crippen molar-refractivity contribution in [3.8, 4) is 0 Å². The standard InChI is InChI=1S/C10H13BrN4O2/c1-2-13-10(16)14-8-5-6(11)3-4-7(8)9(12)15-17/h3-5,17H,2H2,1H3,(H2,12,15)(H2,13,14,16). The molecule has 5 N–H and O–H groups in total. The first kappa shape index (κ1) is 13.3. The molecule has 7 heteroatoms. The van der Waals surface area contributed by atoms with Crippen molar-refractivity contribution in [1.29, 1.82) is 0 Å². The highest BCUT2D eigenvalue weighted by Gasteiger charge is 2.10. The number of rotatable bonds is 3. The molecule has 2 amide bonds. The Morgan fingerprint density at radius 1 is 1.59 bits per heavy atom. The largest absolute Gasteiger partial charge is 0.409 e. The third-order valence-corrected chi connectivity index (χ3v) is 2.44. The number of carbonyl (C=O) groups excluding carboxylic acids is 1. The third kappa shape index (κ3) is 3.63. The predicted octanol–water partition coefficient (Wildman–Crippen LogP) is 1.69. The Morgan fingerprint density at radius 3 is 2.88 bits per heavy atom. The fraction of sp³-hybridized carbons (Fsp3) is 0.200. The van der Waals surface area contributed by atoms with Gasteiger partial charge in [-0.25, -0.2) is 4.79 Å². The Hall–Kier alpha value is -1.76. The predicted molar refractivity (Wildman–Crippen MR) is 69.3 cm³/mol. The molecule has 0 aliphatic heterocycles. The summed E-state index contributed by atoms with van der Waals surface area (Å²) < 4.78 is 0.777. The van der Waals surface area contributed by atoms with E-state index in [9.17, 15) is 4.79 Å². The maximum Gasteiger partial charge on any atom is 0.319 e. The smallest absolute Gasteiger partial charge is 0.319 e. The molecule has 92 valence electrons. The van der Waals surface area contributed by atoms with Crippen LogP contribution in [0.15, 0.2) is 27.8 Å². The summed E-state index contributed by atoms with van der Waals surface area (Å²) in [6, 6.07) is 4.69. The second-order valence-corrected chi connectivity index (χ2v) is 4.08. The molecule has 0 aromatic heterocycles. The van der Waals surface area contributed by atoms with Gasteiger partial charge in [-0.3, -0.25) is 0 Å². The summed E-state index contributed by atoms with van der Waals surface area (Å²) >= 11 is 3.28. The number of nitrogens with one attached hydrogen (secondary N) is 2. The van der Waals surface area contributed by atoms with E-state index in [1.54, 1.807) is 18.2 Å². The number of amidine groups is 1. The van der Waals surface area contributed by atoms with E-state index in [0.717, 1.165) is 4.47 Å². The summed E-state index contributed by atoms with van der Waals surface area (Å²) in [4.78, 5) is 11.4. The molecule has 1 aromatic rings. The van der Waals surface area contributed by atoms with Gasteiger partial charge in [0.05, 0.1) is 5.69 Å². The highest BCUT2D eigenvalue weighted by Crippen LogP contribution is 2.21. The van der Waals surface area contributed by atoms with Crippen LogP contribution in [-0.4, -0.2) is 23.6 Å². The first-order valence-corrected chi connectivity index (χ1v) is 5.70. The van der Waals surface area contributed by atoms with Crippen LogP contribution in [0.25, 0.3) is 0 Å². The number of anilines is 1. The molecular formula is C10H13BrN4O2. The van der Waals surface area contributed by atoms with E-state index in [1.807, 2.05) is 6.92 Å². The Labute approximate surface area is 107 Å². The van der Waals surface area contributed by atoms with Crippen molar-refractivity contribution in [2.75, 3.05) is 11.9 Å². The molecule has 1 rings (SSSR count). The summed E-state index contributed by atoms with van der Waals surface area (Å²) in [6.45, 7) is 2.32. The van der Waals surface area contributed by atoms with Gasteiger partial charge >= 0.3 is 6.03 Å². The van der Waals surface area contributed by atoms with Gasteiger partial charge in [-0.1, -0.05) is 21.1 Å². The summed E-state index contributed by atoms with van der Waals surface area (Å²) in [5.74, 6) is -0.0655. The Morgan fingerprint density at radius 2 is 2.29 bits per heavy atom. The van der Waals surface area contributed by atoms with Crippen LogP contribution >= 0.6 is 15.9 Å². The van der Waals surface area contributed by atoms with Crippen LogP contribution in [0.3, 0.4) is 0 Å². The van der Waals surface area contributed by atoms with Crippen molar-refractivity contribution >= 4 is 33.5 Å². The molecule has 0 bridgehead atoms. The molecule has 0 heterocycles. The van der Waals surface area contributed by atoms with Gasteiger partial charge in [0.25, 0.3) is 0 Å². The van der Waals surface area contributed by atoms with E-state index >= 15 is 0 Å². The number of urea groups is 1. The molecular weight excluding hydrogens is 288 g/mol. The van der Waals surface area contributed by atoms with Gasteiger partial charge in [0, 0.05) is 16.6 Å². The number of benzene rings is 1. The average Bonchev–Trinajstić information content (AvgIpc) is 2.28. The highest BCUT2D eigenvalue weighted by molar-refractivity contribution is 9.10. The second kappa shape index (κ2) is 6.09. The number of nitrogens with zero attached hydrogens (tertiary/aromatic N) is 1. The molecule has 0 atom stereocenters. The molecule has 0 saturated carbocycles. The van der Waals surface area contributed by atoms with Gasteiger partial charge in [-0.05, 0) is 25.1 Å². The van der Waals surface area contributed by atoms with Crippen molar-refractivity contribution in [1.82, 2.24) is 5.32 Å². The number of amides is 2. The lowest BCUT2D eigenvalue weighted by molar-refractivity contribution is 0.252. The zero-order valence-corrected chi connectivity index (χ0v) is 10.8. The topological polar surface area (TPSA) is 99.7 Å². The average molecular weight is 301 g/mol. The number of carbonyl (C=O) groups is 1. The zero-order chi connectivity index (χ0) is 12.8. The molecule has 0 aliphatic carbocycles. The number of halogens is 1. The van der Waals surface area contributed by atoms with E-state index in [4.69, 9.17) is 10.9 Å². The lowest BCUT2D eigenvalue weighted by atomic mass is 10.1. The van der Waals surface area contributed by atoms with Gasteiger partial charge < -0.3 is 21.6 Å². The Bertz CT molecular complexity index is 448. The quantitative estimate of drug-likeness (QED) is 0.296. The minimum atomic E-state index is -0.349. The molecule has 0 radical (unpaired) electrons. The number of hydrogen-bond donors (Lipinski definition) is 4. The summed E-state index contributed by atoms with van der Waals surface area (Å²) in [7, 11) is 0. The first-order chi connectivity index (χ1) is 8.08. The van der Waals surface area contributed by atoms with E-state index in [-0.39, 0.29) is 11.9 Å². The second-order valence-electron chi connectivity index (χ2n) is 3.16. The van der Waals surface area contributed by atoms with Crippen molar-refractivity contribution in [2.24, 2.45) is 10.9 Å². The van der Waals surface area contributed by atoms with Crippen LogP contribution in [0, 0.1) is 0 Å². The molecule has 6 nitrogen and oxygen atoms in total. The maximum atomic E-state index is 11.4. The van der Waals surface area contributed by atoms with Gasteiger partial charge in [0.2, 0.25) is 0 Å². The lowest BCUT2D eigenvalue weighted by Gasteiger charge is -2.10. The Balaban J connectivity index is 3.03. The zero-order valence-electron chi connectivity index (χ0n) is 9.20. The van der Waals surface area contributed by atoms with Gasteiger partial charge in [0.1, 0.15) is 0 Å². The molecule has 0 saturated heterocycles. The molecule has 0 aliphatic rings. The van der Waals surface area contributed by atoms with E-state index < -0.39 is 0 Å². The maximum absolute atomic E-state index is 11.4. The normalized spacial score (nSPS) is 11.1. The van der Waals surface area contributed by atoms with Crippen molar-refractivity contribution < 1.29 is 10.0 Å². The molecule has 0 unspecified atom stereocenters. The number of nitrogens with two attached hydrogens (primary N) is 1. The van der Waals surface area contributed by atoms with Crippen LogP contribution in [0.5, 0.6) is 0 Å². The fourth-order valence-corrected chi connectivity index (χ4v) is 1.59. The van der Waals surface area contributed by atoms with E-state index in [1.165, 1.54) is 0 Å². The number of hydrogen-bond acceptors (Lipinski definition) is 3. The third-order valence-electron chi connectivity index (χ3n) is 1.95. The van der Waals surface area contributed by atoms with Crippen molar-refractivity contribution in [3.05, 3.63) is 28.2 Å².